The molecule has 0 bridgehead atoms. The predicted octanol–water partition coefficient (Wildman–Crippen LogP) is 2.67. The van der Waals surface area contributed by atoms with Gasteiger partial charge in [0.15, 0.2) is 0 Å². The number of nitrogens with one attached hydrogen (secondary N) is 1. The van der Waals surface area contributed by atoms with Crippen LogP contribution in [0, 0.1) is 13.8 Å². The second kappa shape index (κ2) is 11.1. The Morgan fingerprint density at radius 2 is 1.72 bits per heavy atom. The number of likely N-dealkylation sites (N-methyl/N-ethyl adjacent to an activating group) is 1. The number of benzene rings is 2. The van der Waals surface area contributed by atoms with Gasteiger partial charge in [-0.05, 0) is 49.4 Å². The van der Waals surface area contributed by atoms with Gasteiger partial charge in [-0.3, -0.25) is 13.9 Å². The van der Waals surface area contributed by atoms with Crippen molar-refractivity contribution in [2.24, 2.45) is 0 Å². The van der Waals surface area contributed by atoms with E-state index in [0.29, 0.717) is 25.1 Å². The lowest BCUT2D eigenvalue weighted by Gasteiger charge is -2.33. The monoisotopic (exact) mass is 459 g/mol. The first kappa shape index (κ1) is 25.4. The zero-order chi connectivity index (χ0) is 23.9. The summed E-state index contributed by atoms with van der Waals surface area (Å²) < 4.78 is 26.4. The van der Waals surface area contributed by atoms with Crippen molar-refractivity contribution in [3.63, 3.8) is 0 Å². The lowest BCUT2D eigenvalue weighted by molar-refractivity contribution is -0.139. The van der Waals surface area contributed by atoms with Crippen molar-refractivity contribution in [1.82, 2.24) is 10.2 Å². The molecule has 0 saturated carbocycles. The van der Waals surface area contributed by atoms with Crippen LogP contribution < -0.4 is 9.62 Å². The molecular weight excluding hydrogens is 426 g/mol. The highest BCUT2D eigenvalue weighted by atomic mass is 32.2. The molecule has 1 atom stereocenters. The Morgan fingerprint density at radius 3 is 2.28 bits per heavy atom. The van der Waals surface area contributed by atoms with E-state index >= 15 is 0 Å². The number of hydrogen-bond acceptors (Lipinski definition) is 4. The number of amides is 2. The summed E-state index contributed by atoms with van der Waals surface area (Å²) in [6.07, 6.45) is 2.07. The third-order valence-corrected chi connectivity index (χ3v) is 6.56. The molecule has 2 aromatic carbocycles. The van der Waals surface area contributed by atoms with E-state index in [4.69, 9.17) is 0 Å². The van der Waals surface area contributed by atoms with Crippen LogP contribution in [0.4, 0.5) is 5.69 Å². The van der Waals surface area contributed by atoms with Gasteiger partial charge in [-0.1, -0.05) is 49.4 Å². The third kappa shape index (κ3) is 6.56. The SMILES string of the molecule is CCC(C(=O)NC)N(CCc1ccccc1)C(=O)CN(c1cc(C)ccc1C)S(C)(=O)=O. The van der Waals surface area contributed by atoms with Crippen molar-refractivity contribution in [1.29, 1.82) is 0 Å². The number of nitrogens with zero attached hydrogens (tertiary/aromatic N) is 2. The number of carbonyl (C=O) groups is 2. The van der Waals surface area contributed by atoms with Crippen LogP contribution in [-0.2, 0) is 26.0 Å². The fourth-order valence-corrected chi connectivity index (χ4v) is 4.54. The molecule has 0 radical (unpaired) electrons. The van der Waals surface area contributed by atoms with Crippen molar-refractivity contribution in [2.45, 2.75) is 39.7 Å². The second-order valence-electron chi connectivity index (χ2n) is 7.92. The maximum absolute atomic E-state index is 13.5. The van der Waals surface area contributed by atoms with E-state index in [1.165, 1.54) is 11.9 Å². The van der Waals surface area contributed by atoms with Gasteiger partial charge in [0.2, 0.25) is 21.8 Å². The molecule has 2 rings (SSSR count). The van der Waals surface area contributed by atoms with Gasteiger partial charge in [0.1, 0.15) is 12.6 Å². The molecule has 0 fully saturated rings. The van der Waals surface area contributed by atoms with Gasteiger partial charge in [0, 0.05) is 13.6 Å². The van der Waals surface area contributed by atoms with Gasteiger partial charge in [0.05, 0.1) is 11.9 Å². The van der Waals surface area contributed by atoms with Crippen molar-refractivity contribution < 1.29 is 18.0 Å². The average Bonchev–Trinajstić information content (AvgIpc) is 2.76. The van der Waals surface area contributed by atoms with Gasteiger partial charge >= 0.3 is 0 Å². The largest absolute Gasteiger partial charge is 0.357 e. The topological polar surface area (TPSA) is 86.8 Å². The lowest BCUT2D eigenvalue weighted by Crippen LogP contribution is -2.52. The molecule has 0 spiro atoms. The highest BCUT2D eigenvalue weighted by Gasteiger charge is 2.31. The summed E-state index contributed by atoms with van der Waals surface area (Å²) >= 11 is 0. The molecule has 0 heterocycles. The standard InChI is InChI=1S/C24H33N3O4S/c1-6-21(24(29)25-4)26(15-14-20-10-8-7-9-11-20)23(28)17-27(32(5,30)31)22-16-18(2)12-13-19(22)3/h7-13,16,21H,6,14-15,17H2,1-5H3,(H,25,29). The van der Waals surface area contributed by atoms with Crippen molar-refractivity contribution in [2.75, 3.05) is 30.7 Å². The highest BCUT2D eigenvalue weighted by Crippen LogP contribution is 2.24. The van der Waals surface area contributed by atoms with E-state index < -0.39 is 22.0 Å². The van der Waals surface area contributed by atoms with Crippen molar-refractivity contribution in [3.05, 3.63) is 65.2 Å². The van der Waals surface area contributed by atoms with E-state index in [1.54, 1.807) is 6.07 Å². The van der Waals surface area contributed by atoms with Crippen molar-refractivity contribution >= 4 is 27.5 Å². The lowest BCUT2D eigenvalue weighted by atomic mass is 10.1. The van der Waals surface area contributed by atoms with Gasteiger partial charge in [-0.2, -0.15) is 0 Å². The number of rotatable bonds is 10. The molecule has 174 valence electrons. The van der Waals surface area contributed by atoms with Crippen LogP contribution in [-0.4, -0.2) is 57.6 Å². The minimum absolute atomic E-state index is 0.272. The highest BCUT2D eigenvalue weighted by molar-refractivity contribution is 7.92. The molecule has 0 aliphatic heterocycles. The molecule has 1 N–H and O–H groups in total. The van der Waals surface area contributed by atoms with Crippen LogP contribution in [0.2, 0.25) is 0 Å². The Kier molecular flexibility index (Phi) is 8.83. The fourth-order valence-electron chi connectivity index (χ4n) is 3.65. The number of hydrogen-bond donors (Lipinski definition) is 1. The molecule has 7 nitrogen and oxygen atoms in total. The van der Waals surface area contributed by atoms with Crippen LogP contribution in [0.5, 0.6) is 0 Å². The van der Waals surface area contributed by atoms with E-state index in [9.17, 15) is 18.0 Å². The summed E-state index contributed by atoms with van der Waals surface area (Å²) in [6, 6.07) is 14.5. The van der Waals surface area contributed by atoms with E-state index in [0.717, 1.165) is 27.3 Å². The summed E-state index contributed by atoms with van der Waals surface area (Å²) in [5, 5.41) is 2.62. The predicted molar refractivity (Wildman–Crippen MR) is 128 cm³/mol. The number of sulfonamides is 1. The van der Waals surface area contributed by atoms with Crippen LogP contribution >= 0.6 is 0 Å². The average molecular weight is 460 g/mol. The summed E-state index contributed by atoms with van der Waals surface area (Å²) in [7, 11) is -2.19. The quantitative estimate of drug-likeness (QED) is 0.592. The summed E-state index contributed by atoms with van der Waals surface area (Å²) in [6.45, 7) is 5.45. The van der Waals surface area contributed by atoms with Gasteiger partial charge in [-0.15, -0.1) is 0 Å². The van der Waals surface area contributed by atoms with Gasteiger partial charge in [0.25, 0.3) is 0 Å². The molecule has 0 aromatic heterocycles. The maximum Gasteiger partial charge on any atom is 0.244 e. The minimum Gasteiger partial charge on any atom is -0.357 e. The molecule has 0 saturated heterocycles. The summed E-state index contributed by atoms with van der Waals surface area (Å²) in [4.78, 5) is 27.5. The molecule has 0 aliphatic rings. The molecule has 2 amide bonds. The smallest absolute Gasteiger partial charge is 0.244 e. The van der Waals surface area contributed by atoms with Crippen molar-refractivity contribution in [3.8, 4) is 0 Å². The van der Waals surface area contributed by atoms with Gasteiger partial charge < -0.3 is 10.2 Å². The van der Waals surface area contributed by atoms with Crippen LogP contribution in [0.25, 0.3) is 0 Å². The Hall–Kier alpha value is -2.87. The molecule has 1 unspecified atom stereocenters. The minimum atomic E-state index is -3.73. The van der Waals surface area contributed by atoms with Gasteiger partial charge in [-0.25, -0.2) is 8.42 Å². The summed E-state index contributed by atoms with van der Waals surface area (Å²) in [5.41, 5.74) is 3.15. The Labute approximate surface area is 191 Å². The van der Waals surface area contributed by atoms with E-state index in [-0.39, 0.29) is 12.5 Å². The van der Waals surface area contributed by atoms with Crippen LogP contribution in [0.3, 0.4) is 0 Å². The van der Waals surface area contributed by atoms with Crippen LogP contribution in [0.15, 0.2) is 48.5 Å². The summed E-state index contributed by atoms with van der Waals surface area (Å²) in [5.74, 6) is -0.686. The molecule has 8 heteroatoms. The molecule has 2 aromatic rings. The zero-order valence-electron chi connectivity index (χ0n) is 19.5. The molecular formula is C24H33N3O4S. The Balaban J connectivity index is 2.38. The second-order valence-corrected chi connectivity index (χ2v) is 9.83. The molecule has 0 aliphatic carbocycles. The maximum atomic E-state index is 13.5. The van der Waals surface area contributed by atoms with Crippen LogP contribution in [0.1, 0.15) is 30.0 Å². The Morgan fingerprint density at radius 1 is 1.06 bits per heavy atom. The fraction of sp³-hybridized carbons (Fsp3) is 0.417. The van der Waals surface area contributed by atoms with E-state index in [2.05, 4.69) is 5.32 Å². The number of aryl methyl sites for hydroxylation is 2. The van der Waals surface area contributed by atoms with E-state index in [1.807, 2.05) is 63.2 Å². The first-order valence-electron chi connectivity index (χ1n) is 10.7. The molecule has 32 heavy (non-hydrogen) atoms. The first-order valence-corrected chi connectivity index (χ1v) is 12.5. The number of carbonyl (C=O) groups excluding carboxylic acids is 2. The Bertz CT molecular complexity index is 1040. The normalized spacial score (nSPS) is 12.2. The third-order valence-electron chi connectivity index (χ3n) is 5.43. The number of anilines is 1. The first-order chi connectivity index (χ1) is 15.1. The zero-order valence-corrected chi connectivity index (χ0v) is 20.3.